The van der Waals surface area contributed by atoms with Crippen LogP contribution in [-0.4, -0.2) is 10.9 Å². The Balaban J connectivity index is 1.98. The number of halogens is 3. The summed E-state index contributed by atoms with van der Waals surface area (Å²) >= 11 is 0. The molecule has 0 unspecified atom stereocenters. The largest absolute Gasteiger partial charge is 0.433 e. The van der Waals surface area contributed by atoms with Gasteiger partial charge in [-0.05, 0) is 24.6 Å². The van der Waals surface area contributed by atoms with Gasteiger partial charge in [-0.1, -0.05) is 30.3 Å². The maximum atomic E-state index is 12.5. The fourth-order valence-electron chi connectivity index (χ4n) is 1.77. The summed E-state index contributed by atoms with van der Waals surface area (Å²) in [6, 6.07) is 11.0. The van der Waals surface area contributed by atoms with Crippen molar-refractivity contribution < 1.29 is 22.8 Å². The molecule has 0 aliphatic rings. The summed E-state index contributed by atoms with van der Waals surface area (Å²) in [5, 5.41) is 0. The highest BCUT2D eigenvalue weighted by molar-refractivity contribution is 5.94. The van der Waals surface area contributed by atoms with Crippen LogP contribution in [-0.2, 0) is 17.6 Å². The van der Waals surface area contributed by atoms with E-state index in [0.717, 1.165) is 17.7 Å². The zero-order valence-corrected chi connectivity index (χ0v) is 11.6. The summed E-state index contributed by atoms with van der Waals surface area (Å²) in [4.78, 5) is 20.3. The molecule has 22 heavy (non-hydrogen) atoms. The molecule has 2 aromatic rings. The van der Waals surface area contributed by atoms with Crippen molar-refractivity contribution in [3.63, 3.8) is 0 Å². The molecule has 0 bridgehead atoms. The van der Waals surface area contributed by atoms with Gasteiger partial charge in [0.05, 0.1) is 17.9 Å². The lowest BCUT2D eigenvalue weighted by atomic mass is 10.1. The second kappa shape index (κ2) is 6.57. The Hall–Kier alpha value is -2.41. The van der Waals surface area contributed by atoms with E-state index in [4.69, 9.17) is 4.84 Å². The predicted octanol–water partition coefficient (Wildman–Crippen LogP) is 3.27. The third-order valence-electron chi connectivity index (χ3n) is 2.87. The van der Waals surface area contributed by atoms with E-state index >= 15 is 0 Å². The Kier molecular flexibility index (Phi) is 4.77. The topological polar surface area (TPSA) is 51.2 Å². The summed E-state index contributed by atoms with van der Waals surface area (Å²) in [7, 11) is 0. The number of rotatable bonds is 4. The van der Waals surface area contributed by atoms with Crippen molar-refractivity contribution >= 4 is 5.91 Å². The number of hydroxylamine groups is 1. The van der Waals surface area contributed by atoms with Crippen LogP contribution in [0, 0.1) is 6.92 Å². The summed E-state index contributed by atoms with van der Waals surface area (Å²) in [5.74, 6) is -0.644. The van der Waals surface area contributed by atoms with Crippen LogP contribution in [0.4, 0.5) is 13.2 Å². The highest BCUT2D eigenvalue weighted by Crippen LogP contribution is 2.28. The van der Waals surface area contributed by atoms with Gasteiger partial charge >= 0.3 is 6.18 Å². The average Bonchev–Trinajstić information content (AvgIpc) is 2.47. The molecule has 0 fully saturated rings. The van der Waals surface area contributed by atoms with Gasteiger partial charge < -0.3 is 0 Å². The number of hydrogen-bond donors (Lipinski definition) is 1. The Bertz CT molecular complexity index is 658. The van der Waals surface area contributed by atoms with E-state index in [1.54, 1.807) is 0 Å². The van der Waals surface area contributed by atoms with Gasteiger partial charge in [-0.25, -0.2) is 10.5 Å². The number of carbonyl (C=O) groups excluding carboxylic acids is 1. The molecule has 116 valence electrons. The second-order valence-corrected chi connectivity index (χ2v) is 4.53. The summed E-state index contributed by atoms with van der Waals surface area (Å²) < 4.78 is 37.5. The number of amides is 1. The molecule has 2 rings (SSSR count). The lowest BCUT2D eigenvalue weighted by Crippen LogP contribution is -2.25. The van der Waals surface area contributed by atoms with E-state index < -0.39 is 17.8 Å². The SMILES string of the molecule is Cc1nc(C(F)(F)F)ccc1C(=O)NOCc1ccccc1. The molecular formula is C15H13F3N2O2. The average molecular weight is 310 g/mol. The minimum absolute atomic E-state index is 0.0179. The van der Waals surface area contributed by atoms with Crippen molar-refractivity contribution in [3.8, 4) is 0 Å². The van der Waals surface area contributed by atoms with E-state index in [2.05, 4.69) is 10.5 Å². The minimum Gasteiger partial charge on any atom is -0.269 e. The van der Waals surface area contributed by atoms with E-state index in [-0.39, 0.29) is 17.9 Å². The zero-order valence-electron chi connectivity index (χ0n) is 11.6. The molecule has 7 heteroatoms. The van der Waals surface area contributed by atoms with Crippen LogP contribution in [0.15, 0.2) is 42.5 Å². The second-order valence-electron chi connectivity index (χ2n) is 4.53. The number of nitrogens with one attached hydrogen (secondary N) is 1. The molecule has 1 amide bonds. The van der Waals surface area contributed by atoms with Crippen molar-refractivity contribution in [2.45, 2.75) is 19.7 Å². The van der Waals surface area contributed by atoms with Crippen molar-refractivity contribution in [1.82, 2.24) is 10.5 Å². The lowest BCUT2D eigenvalue weighted by molar-refractivity contribution is -0.141. The number of benzene rings is 1. The molecule has 0 saturated heterocycles. The van der Waals surface area contributed by atoms with Gasteiger partial charge in [0, 0.05) is 0 Å². The smallest absolute Gasteiger partial charge is 0.269 e. The molecule has 1 N–H and O–H groups in total. The van der Waals surface area contributed by atoms with Crippen molar-refractivity contribution in [1.29, 1.82) is 0 Å². The fraction of sp³-hybridized carbons (Fsp3) is 0.200. The van der Waals surface area contributed by atoms with Crippen LogP contribution >= 0.6 is 0 Å². The number of aryl methyl sites for hydroxylation is 1. The van der Waals surface area contributed by atoms with E-state index in [1.165, 1.54) is 6.92 Å². The Morgan fingerprint density at radius 3 is 2.45 bits per heavy atom. The number of aromatic nitrogens is 1. The van der Waals surface area contributed by atoms with E-state index in [1.807, 2.05) is 30.3 Å². The summed E-state index contributed by atoms with van der Waals surface area (Å²) in [6.07, 6.45) is -4.54. The third-order valence-corrected chi connectivity index (χ3v) is 2.87. The molecule has 0 aliphatic heterocycles. The summed E-state index contributed by atoms with van der Waals surface area (Å²) in [6.45, 7) is 1.49. The number of carbonyl (C=O) groups is 1. The van der Waals surface area contributed by atoms with Gasteiger partial charge in [0.15, 0.2) is 0 Å². The Morgan fingerprint density at radius 2 is 1.86 bits per heavy atom. The third kappa shape index (κ3) is 4.05. The Morgan fingerprint density at radius 1 is 1.18 bits per heavy atom. The molecular weight excluding hydrogens is 297 g/mol. The van der Waals surface area contributed by atoms with Crippen LogP contribution in [0.5, 0.6) is 0 Å². The van der Waals surface area contributed by atoms with Crippen LogP contribution in [0.1, 0.15) is 27.3 Å². The van der Waals surface area contributed by atoms with Crippen molar-refractivity contribution in [3.05, 3.63) is 65.0 Å². The molecule has 0 spiro atoms. The normalized spacial score (nSPS) is 11.3. The standard InChI is InChI=1S/C15H13F3N2O2/c1-10-12(7-8-13(19-10)15(16,17)18)14(21)20-22-9-11-5-3-2-4-6-11/h2-8H,9H2,1H3,(H,20,21). The van der Waals surface area contributed by atoms with Gasteiger partial charge in [-0.3, -0.25) is 9.63 Å². The Labute approximate surface area is 124 Å². The van der Waals surface area contributed by atoms with Crippen molar-refractivity contribution in [2.24, 2.45) is 0 Å². The first-order valence-electron chi connectivity index (χ1n) is 6.39. The molecule has 0 saturated carbocycles. The molecule has 1 heterocycles. The maximum absolute atomic E-state index is 12.5. The highest BCUT2D eigenvalue weighted by atomic mass is 19.4. The minimum atomic E-state index is -4.54. The molecule has 4 nitrogen and oxygen atoms in total. The van der Waals surface area contributed by atoms with E-state index in [9.17, 15) is 18.0 Å². The lowest BCUT2D eigenvalue weighted by Gasteiger charge is -2.10. The fourth-order valence-corrected chi connectivity index (χ4v) is 1.77. The van der Waals surface area contributed by atoms with Crippen LogP contribution in [0.25, 0.3) is 0 Å². The molecule has 1 aromatic heterocycles. The first-order chi connectivity index (χ1) is 10.4. The van der Waals surface area contributed by atoms with Crippen LogP contribution < -0.4 is 5.48 Å². The van der Waals surface area contributed by atoms with Gasteiger partial charge in [-0.15, -0.1) is 0 Å². The van der Waals surface area contributed by atoms with Gasteiger partial charge in [0.1, 0.15) is 5.69 Å². The monoisotopic (exact) mass is 310 g/mol. The first kappa shape index (κ1) is 16.0. The molecule has 0 atom stereocenters. The molecule has 1 aromatic carbocycles. The van der Waals surface area contributed by atoms with E-state index in [0.29, 0.717) is 0 Å². The molecule has 0 radical (unpaired) electrons. The predicted molar refractivity (Wildman–Crippen MR) is 72.7 cm³/mol. The van der Waals surface area contributed by atoms with Crippen LogP contribution in [0.3, 0.4) is 0 Å². The van der Waals surface area contributed by atoms with Crippen LogP contribution in [0.2, 0.25) is 0 Å². The number of alkyl halides is 3. The quantitative estimate of drug-likeness (QED) is 0.882. The van der Waals surface area contributed by atoms with Gasteiger partial charge in [0.25, 0.3) is 5.91 Å². The van der Waals surface area contributed by atoms with Crippen molar-refractivity contribution in [2.75, 3.05) is 0 Å². The maximum Gasteiger partial charge on any atom is 0.433 e. The summed E-state index contributed by atoms with van der Waals surface area (Å²) in [5.41, 5.74) is 2.01. The highest BCUT2D eigenvalue weighted by Gasteiger charge is 2.33. The molecule has 0 aliphatic carbocycles. The zero-order chi connectivity index (χ0) is 16.2. The van der Waals surface area contributed by atoms with Gasteiger partial charge in [-0.2, -0.15) is 13.2 Å². The first-order valence-corrected chi connectivity index (χ1v) is 6.39. The number of nitrogens with zero attached hydrogens (tertiary/aromatic N) is 1. The number of hydrogen-bond acceptors (Lipinski definition) is 3. The van der Waals surface area contributed by atoms with Gasteiger partial charge in [0.2, 0.25) is 0 Å². The number of pyridine rings is 1.